The van der Waals surface area contributed by atoms with E-state index < -0.39 is 0 Å². The fourth-order valence-electron chi connectivity index (χ4n) is 4.24. The van der Waals surface area contributed by atoms with Gasteiger partial charge in [-0.2, -0.15) is 5.10 Å². The van der Waals surface area contributed by atoms with Crippen LogP contribution in [0.1, 0.15) is 22.6 Å². The first-order valence-corrected chi connectivity index (χ1v) is 11.2. The molecule has 0 bridgehead atoms. The molecule has 1 amide bonds. The number of nitrogens with one attached hydrogen (secondary N) is 1. The number of pyridine rings is 1. The number of aromatic amines is 1. The number of nitrogens with zero attached hydrogens (tertiary/aromatic N) is 5. The van der Waals surface area contributed by atoms with Gasteiger partial charge >= 0.3 is 0 Å². The van der Waals surface area contributed by atoms with E-state index in [1.165, 1.54) is 0 Å². The van der Waals surface area contributed by atoms with Crippen LogP contribution in [-0.2, 0) is 24.2 Å². The van der Waals surface area contributed by atoms with Crippen molar-refractivity contribution < 1.29 is 4.79 Å². The molecule has 0 atom stereocenters. The molecule has 1 aliphatic heterocycles. The van der Waals surface area contributed by atoms with Gasteiger partial charge in [0.15, 0.2) is 5.95 Å². The molecule has 0 spiro atoms. The molecule has 0 saturated carbocycles. The average molecular weight is 442 g/mol. The van der Waals surface area contributed by atoms with Crippen LogP contribution in [0.5, 0.6) is 0 Å². The molecule has 33 heavy (non-hydrogen) atoms. The molecule has 168 valence electrons. The number of hydrogen-bond donors (Lipinski definition) is 2. The SMILES string of the molecule is Cc1ccc(-c2cc(-c3ccccc3)n(CC(=O)N3CCc4nc(N)[nH]c4CC3)n2)nc1C. The minimum Gasteiger partial charge on any atom is -0.369 e. The molecule has 8 heteroatoms. The van der Waals surface area contributed by atoms with E-state index in [2.05, 4.69) is 16.0 Å². The summed E-state index contributed by atoms with van der Waals surface area (Å²) in [6.45, 7) is 5.44. The lowest BCUT2D eigenvalue weighted by molar-refractivity contribution is -0.131. The van der Waals surface area contributed by atoms with Crippen molar-refractivity contribution in [3.05, 3.63) is 71.2 Å². The normalized spacial score (nSPS) is 13.6. The molecule has 3 aromatic heterocycles. The maximum absolute atomic E-state index is 13.3. The summed E-state index contributed by atoms with van der Waals surface area (Å²) in [6, 6.07) is 16.1. The third-order valence-corrected chi connectivity index (χ3v) is 6.23. The largest absolute Gasteiger partial charge is 0.369 e. The third-order valence-electron chi connectivity index (χ3n) is 6.23. The highest BCUT2D eigenvalue weighted by atomic mass is 16.2. The maximum atomic E-state index is 13.3. The van der Waals surface area contributed by atoms with E-state index in [1.807, 2.05) is 61.2 Å². The van der Waals surface area contributed by atoms with Crippen molar-refractivity contribution in [1.29, 1.82) is 0 Å². The number of imidazole rings is 1. The average Bonchev–Trinajstić information content (AvgIpc) is 3.33. The summed E-state index contributed by atoms with van der Waals surface area (Å²) in [5.41, 5.74) is 13.3. The van der Waals surface area contributed by atoms with Crippen LogP contribution in [0, 0.1) is 13.8 Å². The van der Waals surface area contributed by atoms with Crippen LogP contribution in [0.15, 0.2) is 48.5 Å². The van der Waals surface area contributed by atoms with Gasteiger partial charge < -0.3 is 15.6 Å². The zero-order valence-electron chi connectivity index (χ0n) is 18.9. The standard InChI is InChI=1S/C25H27N7O/c1-16-8-9-19(27-17(16)2)22-14-23(18-6-4-3-5-7-18)32(30-22)15-24(33)31-12-10-20-21(11-13-31)29-25(26)28-20/h3-9,14H,10-13,15H2,1-2H3,(H3,26,28,29). The Bertz CT molecular complexity index is 1280. The third kappa shape index (κ3) is 4.24. The summed E-state index contributed by atoms with van der Waals surface area (Å²) in [5, 5.41) is 4.80. The van der Waals surface area contributed by atoms with Gasteiger partial charge in [-0.15, -0.1) is 0 Å². The molecule has 0 fully saturated rings. The number of amides is 1. The first kappa shape index (κ1) is 20.9. The number of anilines is 1. The van der Waals surface area contributed by atoms with Crippen LogP contribution in [0.2, 0.25) is 0 Å². The number of carbonyl (C=O) groups excluding carboxylic acids is 1. The van der Waals surface area contributed by atoms with Crippen molar-refractivity contribution >= 4 is 11.9 Å². The van der Waals surface area contributed by atoms with Gasteiger partial charge in [0.1, 0.15) is 12.2 Å². The Balaban J connectivity index is 1.42. The summed E-state index contributed by atoms with van der Waals surface area (Å²) in [7, 11) is 0. The maximum Gasteiger partial charge on any atom is 0.244 e. The molecule has 1 aromatic carbocycles. The molecule has 0 unspecified atom stereocenters. The van der Waals surface area contributed by atoms with E-state index in [9.17, 15) is 4.79 Å². The molecule has 4 heterocycles. The number of hydrogen-bond acceptors (Lipinski definition) is 5. The van der Waals surface area contributed by atoms with Gasteiger partial charge in [-0.05, 0) is 37.1 Å². The zero-order chi connectivity index (χ0) is 22.9. The van der Waals surface area contributed by atoms with Crippen LogP contribution in [0.3, 0.4) is 0 Å². The van der Waals surface area contributed by atoms with Gasteiger partial charge in [0, 0.05) is 37.3 Å². The van der Waals surface area contributed by atoms with E-state index in [0.717, 1.165) is 45.3 Å². The lowest BCUT2D eigenvalue weighted by Crippen LogP contribution is -2.36. The van der Waals surface area contributed by atoms with Gasteiger partial charge in [0.25, 0.3) is 0 Å². The topological polar surface area (TPSA) is 106 Å². The van der Waals surface area contributed by atoms with E-state index in [0.29, 0.717) is 31.9 Å². The number of nitrogens with two attached hydrogens (primary N) is 1. The Labute approximate surface area is 192 Å². The minimum absolute atomic E-state index is 0.0352. The van der Waals surface area contributed by atoms with Gasteiger partial charge in [-0.3, -0.25) is 14.5 Å². The molecule has 1 aliphatic rings. The van der Waals surface area contributed by atoms with E-state index in [4.69, 9.17) is 15.8 Å². The molecule has 8 nitrogen and oxygen atoms in total. The number of rotatable bonds is 4. The van der Waals surface area contributed by atoms with Crippen LogP contribution in [0.4, 0.5) is 5.95 Å². The van der Waals surface area contributed by atoms with E-state index >= 15 is 0 Å². The number of carbonyl (C=O) groups is 1. The van der Waals surface area contributed by atoms with Gasteiger partial charge in [0.05, 0.1) is 17.1 Å². The molecule has 0 radical (unpaired) electrons. The Morgan fingerprint density at radius 3 is 2.61 bits per heavy atom. The van der Waals surface area contributed by atoms with Crippen LogP contribution < -0.4 is 5.73 Å². The number of nitrogen functional groups attached to an aromatic ring is 1. The summed E-state index contributed by atoms with van der Waals surface area (Å²) < 4.78 is 1.80. The predicted octanol–water partition coefficient (Wildman–Crippen LogP) is 3.16. The van der Waals surface area contributed by atoms with Gasteiger partial charge in [0.2, 0.25) is 5.91 Å². The second-order valence-corrected chi connectivity index (χ2v) is 8.47. The van der Waals surface area contributed by atoms with Crippen molar-refractivity contribution in [2.24, 2.45) is 0 Å². The second kappa shape index (κ2) is 8.54. The quantitative estimate of drug-likeness (QED) is 0.506. The zero-order valence-corrected chi connectivity index (χ0v) is 18.9. The van der Waals surface area contributed by atoms with Crippen molar-refractivity contribution in [3.8, 4) is 22.6 Å². The van der Waals surface area contributed by atoms with Crippen molar-refractivity contribution in [2.45, 2.75) is 33.2 Å². The highest BCUT2D eigenvalue weighted by Gasteiger charge is 2.23. The summed E-state index contributed by atoms with van der Waals surface area (Å²) in [4.78, 5) is 27.3. The second-order valence-electron chi connectivity index (χ2n) is 8.47. The highest BCUT2D eigenvalue weighted by molar-refractivity contribution is 5.77. The molecule has 4 aromatic rings. The molecule has 0 saturated heterocycles. The lowest BCUT2D eigenvalue weighted by Gasteiger charge is -2.20. The van der Waals surface area contributed by atoms with Crippen LogP contribution >= 0.6 is 0 Å². The Kier molecular flexibility index (Phi) is 5.42. The van der Waals surface area contributed by atoms with E-state index in [-0.39, 0.29) is 12.5 Å². The summed E-state index contributed by atoms with van der Waals surface area (Å²) in [6.07, 6.45) is 1.41. The smallest absolute Gasteiger partial charge is 0.244 e. The number of aromatic nitrogens is 5. The molecule has 5 rings (SSSR count). The number of benzene rings is 1. The Hall–Kier alpha value is -3.94. The monoisotopic (exact) mass is 441 g/mol. The fraction of sp³-hybridized carbons (Fsp3) is 0.280. The fourth-order valence-corrected chi connectivity index (χ4v) is 4.24. The van der Waals surface area contributed by atoms with E-state index in [1.54, 1.807) is 4.68 Å². The van der Waals surface area contributed by atoms with Crippen LogP contribution in [-0.4, -0.2) is 48.6 Å². The lowest BCUT2D eigenvalue weighted by atomic mass is 10.1. The predicted molar refractivity (Wildman–Crippen MR) is 127 cm³/mol. The summed E-state index contributed by atoms with van der Waals surface area (Å²) in [5.74, 6) is 0.476. The minimum atomic E-state index is 0.0352. The number of H-pyrrole nitrogens is 1. The van der Waals surface area contributed by atoms with Crippen molar-refractivity contribution in [1.82, 2.24) is 29.6 Å². The number of aryl methyl sites for hydroxylation is 2. The van der Waals surface area contributed by atoms with Gasteiger partial charge in [-0.1, -0.05) is 36.4 Å². The molecule has 0 aliphatic carbocycles. The first-order chi connectivity index (χ1) is 16.0. The molecular weight excluding hydrogens is 414 g/mol. The Morgan fingerprint density at radius 2 is 1.82 bits per heavy atom. The number of fused-ring (bicyclic) bond motifs is 1. The molecule has 3 N–H and O–H groups in total. The molecular formula is C25H27N7O. The highest BCUT2D eigenvalue weighted by Crippen LogP contribution is 2.26. The van der Waals surface area contributed by atoms with Gasteiger partial charge in [-0.25, -0.2) is 4.98 Å². The van der Waals surface area contributed by atoms with Crippen molar-refractivity contribution in [3.63, 3.8) is 0 Å². The Morgan fingerprint density at radius 1 is 1.03 bits per heavy atom. The summed E-state index contributed by atoms with van der Waals surface area (Å²) >= 11 is 0. The first-order valence-electron chi connectivity index (χ1n) is 11.2. The van der Waals surface area contributed by atoms with Crippen LogP contribution in [0.25, 0.3) is 22.6 Å². The van der Waals surface area contributed by atoms with Crippen molar-refractivity contribution in [2.75, 3.05) is 18.8 Å².